The molecule has 1 saturated heterocycles. The zero-order valence-electron chi connectivity index (χ0n) is 15.4. The van der Waals surface area contributed by atoms with Crippen molar-refractivity contribution in [3.8, 4) is 10.6 Å². The molecule has 1 N–H and O–H groups in total. The number of carbonyl (C=O) groups excluding carboxylic acids is 2. The van der Waals surface area contributed by atoms with Gasteiger partial charge in [0.25, 0.3) is 0 Å². The average molecular weight is 393 g/mol. The third kappa shape index (κ3) is 5.23. The minimum Gasteiger partial charge on any atom is -0.359 e. The highest BCUT2D eigenvalue weighted by atomic mass is 32.1. The predicted octanol–water partition coefficient (Wildman–Crippen LogP) is 3.35. The molecule has 2 aromatic heterocycles. The van der Waals surface area contributed by atoms with E-state index in [1.54, 1.807) is 19.2 Å². The zero-order chi connectivity index (χ0) is 19.2. The first-order valence-corrected chi connectivity index (χ1v) is 10.1. The van der Waals surface area contributed by atoms with E-state index in [1.807, 2.05) is 0 Å². The van der Waals surface area contributed by atoms with Crippen molar-refractivity contribution in [3.05, 3.63) is 29.0 Å². The number of amides is 1. The zero-order valence-corrected chi connectivity index (χ0v) is 16.2. The summed E-state index contributed by atoms with van der Waals surface area (Å²) in [4.78, 5) is 26.5. The van der Waals surface area contributed by atoms with Gasteiger partial charge >= 0.3 is 0 Å². The summed E-state index contributed by atoms with van der Waals surface area (Å²) < 4.78 is 18.2. The average Bonchev–Trinajstić information content (AvgIpc) is 3.27. The van der Waals surface area contributed by atoms with Crippen molar-refractivity contribution < 1.29 is 18.5 Å². The van der Waals surface area contributed by atoms with Crippen LogP contribution in [0.2, 0.25) is 0 Å². The Kier molecular flexibility index (Phi) is 6.73. The summed E-state index contributed by atoms with van der Waals surface area (Å²) in [7, 11) is 1.67. The first kappa shape index (κ1) is 19.7. The van der Waals surface area contributed by atoms with Crippen molar-refractivity contribution in [2.75, 3.05) is 26.7 Å². The fraction of sp³-hybridized carbons (Fsp3) is 0.526. The van der Waals surface area contributed by atoms with Crippen LogP contribution < -0.4 is 5.32 Å². The van der Waals surface area contributed by atoms with Crippen LogP contribution in [0.25, 0.3) is 10.6 Å². The number of carbonyl (C=O) groups is 2. The summed E-state index contributed by atoms with van der Waals surface area (Å²) in [5.74, 6) is 0.658. The number of unbranched alkanes of at least 4 members (excludes halogenated alkanes) is 3. The number of hydrogen-bond donors (Lipinski definition) is 1. The molecule has 3 heterocycles. The molecule has 146 valence electrons. The van der Waals surface area contributed by atoms with Crippen LogP contribution in [0.1, 0.15) is 42.6 Å². The molecule has 0 aliphatic carbocycles. The van der Waals surface area contributed by atoms with E-state index in [0.29, 0.717) is 22.8 Å². The van der Waals surface area contributed by atoms with Crippen molar-refractivity contribution >= 4 is 23.0 Å². The lowest BCUT2D eigenvalue weighted by atomic mass is 9.98. The Morgan fingerprint density at radius 1 is 1.30 bits per heavy atom. The van der Waals surface area contributed by atoms with Crippen molar-refractivity contribution in [3.63, 3.8) is 0 Å². The van der Waals surface area contributed by atoms with Crippen LogP contribution in [0, 0.1) is 11.0 Å². The second-order valence-electron chi connectivity index (χ2n) is 6.84. The molecule has 3 rings (SSSR count). The summed E-state index contributed by atoms with van der Waals surface area (Å²) in [6.45, 7) is 2.70. The summed E-state index contributed by atoms with van der Waals surface area (Å²) in [6.07, 6.45) is 4.38. The van der Waals surface area contributed by atoms with Gasteiger partial charge in [-0.2, -0.15) is 4.39 Å². The van der Waals surface area contributed by atoms with Crippen LogP contribution in [0.15, 0.2) is 22.7 Å². The Balaban J connectivity index is 1.28. The van der Waals surface area contributed by atoms with Crippen LogP contribution in [0.3, 0.4) is 0 Å². The number of aromatic nitrogens is 1. The third-order valence-electron chi connectivity index (χ3n) is 4.81. The van der Waals surface area contributed by atoms with E-state index < -0.39 is 0 Å². The maximum Gasteiger partial charge on any atom is 0.225 e. The van der Waals surface area contributed by atoms with Crippen LogP contribution >= 0.6 is 11.3 Å². The van der Waals surface area contributed by atoms with Gasteiger partial charge in [-0.15, -0.1) is 11.3 Å². The summed E-state index contributed by atoms with van der Waals surface area (Å²) >= 11 is 0.967. The van der Waals surface area contributed by atoms with Gasteiger partial charge in [-0.3, -0.25) is 9.59 Å². The van der Waals surface area contributed by atoms with Gasteiger partial charge in [0.15, 0.2) is 16.7 Å². The summed E-state index contributed by atoms with van der Waals surface area (Å²) in [5, 5.41) is 6.19. The number of hydrogen-bond acceptors (Lipinski definition) is 6. The summed E-state index contributed by atoms with van der Waals surface area (Å²) in [5.41, 5.74) is 0.305. The highest BCUT2D eigenvalue weighted by Gasteiger charge is 2.31. The fourth-order valence-electron chi connectivity index (χ4n) is 3.19. The highest BCUT2D eigenvalue weighted by Crippen LogP contribution is 2.28. The molecular formula is C19H24FN3O3S. The first-order chi connectivity index (χ1) is 13.1. The molecule has 2 aromatic rings. The van der Waals surface area contributed by atoms with Crippen molar-refractivity contribution in [2.45, 2.75) is 32.1 Å². The number of nitrogens with one attached hydrogen (secondary N) is 1. The lowest BCUT2D eigenvalue weighted by molar-refractivity contribution is -0.129. The monoisotopic (exact) mass is 393 g/mol. The van der Waals surface area contributed by atoms with Gasteiger partial charge in [0.1, 0.15) is 5.69 Å². The van der Waals surface area contributed by atoms with Crippen molar-refractivity contribution in [1.29, 1.82) is 0 Å². The minimum atomic E-state index is -0.295. The van der Waals surface area contributed by atoms with Gasteiger partial charge in [-0.1, -0.05) is 18.0 Å². The molecule has 8 heteroatoms. The molecule has 0 spiro atoms. The Labute approximate surface area is 161 Å². The predicted molar refractivity (Wildman–Crippen MR) is 101 cm³/mol. The number of rotatable bonds is 10. The molecule has 0 saturated carbocycles. The molecule has 0 bridgehead atoms. The van der Waals surface area contributed by atoms with E-state index in [-0.39, 0.29) is 22.7 Å². The first-order valence-electron chi connectivity index (χ1n) is 9.26. The Morgan fingerprint density at radius 3 is 2.78 bits per heavy atom. The van der Waals surface area contributed by atoms with Crippen LogP contribution in [-0.4, -0.2) is 48.4 Å². The van der Waals surface area contributed by atoms with E-state index in [1.165, 1.54) is 6.07 Å². The Bertz CT molecular complexity index is 783. The van der Waals surface area contributed by atoms with E-state index >= 15 is 0 Å². The normalized spacial score (nSPS) is 14.9. The molecule has 1 aliphatic heterocycles. The smallest absolute Gasteiger partial charge is 0.225 e. The Hall–Kier alpha value is -2.06. The highest BCUT2D eigenvalue weighted by molar-refractivity contribution is 7.13. The molecule has 6 nitrogen and oxygen atoms in total. The van der Waals surface area contributed by atoms with Crippen LogP contribution in [0.4, 0.5) is 4.39 Å². The molecule has 1 fully saturated rings. The molecule has 0 aromatic carbocycles. The fourth-order valence-corrected chi connectivity index (χ4v) is 3.87. The molecule has 0 radical (unpaired) electrons. The Morgan fingerprint density at radius 2 is 2.07 bits per heavy atom. The molecule has 1 aliphatic rings. The maximum absolute atomic E-state index is 13.1. The number of nitrogens with zero attached hydrogens (tertiary/aromatic N) is 2. The van der Waals surface area contributed by atoms with Crippen molar-refractivity contribution in [2.24, 2.45) is 5.92 Å². The standard InChI is InChI=1S/C19H24FN3O3S/c1-21-19(25)13-11-23(12-13)9-5-3-2-4-6-15(24)14-10-16(26-22-14)17-7-8-18(20)27-17/h7-8,10,13H,2-6,9,11-12H2,1H3,(H,21,25). The number of thiophene rings is 1. The molecule has 27 heavy (non-hydrogen) atoms. The number of Topliss-reactive ketones (excluding diaryl/α,β-unsaturated/α-hetero) is 1. The second kappa shape index (κ2) is 9.23. The number of ketones is 1. The topological polar surface area (TPSA) is 75.4 Å². The summed E-state index contributed by atoms with van der Waals surface area (Å²) in [6, 6.07) is 4.56. The third-order valence-corrected chi connectivity index (χ3v) is 5.70. The van der Waals surface area contributed by atoms with Gasteiger partial charge in [0.05, 0.1) is 10.8 Å². The number of halogens is 1. The SMILES string of the molecule is CNC(=O)C1CN(CCCCCCC(=O)c2cc(-c3ccc(F)s3)on2)C1. The van der Waals surface area contributed by atoms with Crippen LogP contribution in [0.5, 0.6) is 0 Å². The molecule has 0 unspecified atom stereocenters. The maximum atomic E-state index is 13.1. The van der Waals surface area contributed by atoms with Gasteiger partial charge in [-0.25, -0.2) is 0 Å². The van der Waals surface area contributed by atoms with E-state index in [9.17, 15) is 14.0 Å². The molecule has 1 amide bonds. The molecular weight excluding hydrogens is 369 g/mol. The van der Waals surface area contributed by atoms with E-state index in [0.717, 1.165) is 56.7 Å². The van der Waals surface area contributed by atoms with Gasteiger partial charge in [-0.05, 0) is 31.5 Å². The number of likely N-dealkylation sites (tertiary alicyclic amines) is 1. The minimum absolute atomic E-state index is 0.0433. The molecule has 0 atom stereocenters. The second-order valence-corrected chi connectivity index (χ2v) is 7.87. The van der Waals surface area contributed by atoms with Gasteiger partial charge in [0, 0.05) is 32.6 Å². The largest absolute Gasteiger partial charge is 0.359 e. The quantitative estimate of drug-likeness (QED) is 0.495. The van der Waals surface area contributed by atoms with Gasteiger partial charge in [0.2, 0.25) is 5.91 Å². The lowest BCUT2D eigenvalue weighted by Gasteiger charge is -2.37. The van der Waals surface area contributed by atoms with Crippen molar-refractivity contribution in [1.82, 2.24) is 15.4 Å². The van der Waals surface area contributed by atoms with Crippen LogP contribution in [-0.2, 0) is 4.79 Å². The van der Waals surface area contributed by atoms with E-state index in [2.05, 4.69) is 15.4 Å². The lowest BCUT2D eigenvalue weighted by Crippen LogP contribution is -2.53. The van der Waals surface area contributed by atoms with Gasteiger partial charge < -0.3 is 14.7 Å². The van der Waals surface area contributed by atoms with E-state index in [4.69, 9.17) is 4.52 Å².